The van der Waals surface area contributed by atoms with Gasteiger partial charge in [-0.05, 0) is 32.0 Å². The van der Waals surface area contributed by atoms with E-state index in [0.29, 0.717) is 30.1 Å². The fraction of sp³-hybridized carbons (Fsp3) is 0.368. The lowest BCUT2D eigenvalue weighted by atomic mass is 10.1. The number of amides is 2. The summed E-state index contributed by atoms with van der Waals surface area (Å²) in [7, 11) is 0. The predicted octanol–water partition coefficient (Wildman–Crippen LogP) is 1.39. The minimum Gasteiger partial charge on any atom is -0.482 e. The van der Waals surface area contributed by atoms with Crippen molar-refractivity contribution in [2.24, 2.45) is 0 Å². The fourth-order valence-corrected chi connectivity index (χ4v) is 3.36. The zero-order valence-electron chi connectivity index (χ0n) is 15.4. The molecule has 27 heavy (non-hydrogen) atoms. The molecule has 8 nitrogen and oxygen atoms in total. The molecule has 2 aliphatic heterocycles. The van der Waals surface area contributed by atoms with E-state index >= 15 is 0 Å². The third-order valence-electron chi connectivity index (χ3n) is 5.04. The summed E-state index contributed by atoms with van der Waals surface area (Å²) in [5.74, 6) is 1.25. The Balaban J connectivity index is 1.44. The zero-order valence-corrected chi connectivity index (χ0v) is 15.4. The van der Waals surface area contributed by atoms with Gasteiger partial charge in [-0.25, -0.2) is 9.97 Å². The van der Waals surface area contributed by atoms with Gasteiger partial charge in [0.15, 0.2) is 6.61 Å². The first kappa shape index (κ1) is 17.3. The highest BCUT2D eigenvalue weighted by Gasteiger charge is 2.25. The quantitative estimate of drug-likeness (QED) is 0.863. The van der Waals surface area contributed by atoms with Gasteiger partial charge < -0.3 is 19.9 Å². The standard InChI is InChI=1S/C19H21N5O3/c1-12-13(2)20-11-21-18(12)23-5-7-24(8-6-23)19(26)14-3-4-15-16(9-14)27-10-17(25)22-15/h3-4,9,11H,5-8,10H2,1-2H3,(H,22,25). The molecule has 0 radical (unpaired) electrons. The Morgan fingerprint density at radius 2 is 1.93 bits per heavy atom. The number of piperazine rings is 1. The van der Waals surface area contributed by atoms with Crippen LogP contribution in [0.5, 0.6) is 5.75 Å². The highest BCUT2D eigenvalue weighted by molar-refractivity contribution is 5.99. The summed E-state index contributed by atoms with van der Waals surface area (Å²) in [5.41, 5.74) is 3.21. The van der Waals surface area contributed by atoms with Crippen LogP contribution < -0.4 is 15.0 Å². The van der Waals surface area contributed by atoms with Crippen molar-refractivity contribution in [3.63, 3.8) is 0 Å². The van der Waals surface area contributed by atoms with Crippen LogP contribution in [0.25, 0.3) is 0 Å². The van der Waals surface area contributed by atoms with Crippen LogP contribution in [-0.2, 0) is 4.79 Å². The molecule has 2 amide bonds. The van der Waals surface area contributed by atoms with E-state index in [1.807, 2.05) is 18.7 Å². The maximum Gasteiger partial charge on any atom is 0.262 e. The first-order valence-electron chi connectivity index (χ1n) is 8.92. The second kappa shape index (κ2) is 6.86. The van der Waals surface area contributed by atoms with Crippen LogP contribution in [0, 0.1) is 13.8 Å². The third kappa shape index (κ3) is 3.30. The van der Waals surface area contributed by atoms with Crippen molar-refractivity contribution in [3.8, 4) is 5.75 Å². The van der Waals surface area contributed by atoms with Crippen molar-refractivity contribution in [2.75, 3.05) is 43.0 Å². The molecule has 0 bridgehead atoms. The first-order chi connectivity index (χ1) is 13.0. The predicted molar refractivity (Wildman–Crippen MR) is 100 cm³/mol. The van der Waals surface area contributed by atoms with Crippen molar-refractivity contribution in [1.82, 2.24) is 14.9 Å². The number of aromatic nitrogens is 2. The summed E-state index contributed by atoms with van der Waals surface area (Å²) in [4.78, 5) is 36.9. The number of benzene rings is 1. The molecule has 1 N–H and O–H groups in total. The van der Waals surface area contributed by atoms with Crippen LogP contribution in [0.15, 0.2) is 24.5 Å². The van der Waals surface area contributed by atoms with Gasteiger partial charge in [0.1, 0.15) is 17.9 Å². The molecule has 8 heteroatoms. The van der Waals surface area contributed by atoms with Crippen molar-refractivity contribution in [3.05, 3.63) is 41.3 Å². The average Bonchev–Trinajstić information content (AvgIpc) is 2.69. The SMILES string of the molecule is Cc1ncnc(N2CCN(C(=O)c3ccc4c(c3)OCC(=O)N4)CC2)c1C. The minimum atomic E-state index is -0.187. The number of fused-ring (bicyclic) bond motifs is 1. The lowest BCUT2D eigenvalue weighted by molar-refractivity contribution is -0.118. The molecular formula is C19H21N5O3. The van der Waals surface area contributed by atoms with Crippen molar-refractivity contribution >= 4 is 23.3 Å². The maximum atomic E-state index is 12.9. The highest BCUT2D eigenvalue weighted by Crippen LogP contribution is 2.29. The molecule has 0 atom stereocenters. The molecule has 1 saturated heterocycles. The molecule has 2 aromatic rings. The summed E-state index contributed by atoms with van der Waals surface area (Å²) in [6, 6.07) is 5.13. The van der Waals surface area contributed by atoms with E-state index in [0.717, 1.165) is 30.2 Å². The van der Waals surface area contributed by atoms with Gasteiger partial charge in [-0.2, -0.15) is 0 Å². The Hall–Kier alpha value is -3.16. The van der Waals surface area contributed by atoms with Gasteiger partial charge in [0.05, 0.1) is 5.69 Å². The summed E-state index contributed by atoms with van der Waals surface area (Å²) in [6.45, 7) is 6.66. The monoisotopic (exact) mass is 367 g/mol. The second-order valence-electron chi connectivity index (χ2n) is 6.73. The number of nitrogens with one attached hydrogen (secondary N) is 1. The molecule has 3 heterocycles. The third-order valence-corrected chi connectivity index (χ3v) is 5.04. The molecule has 1 aromatic carbocycles. The number of nitrogens with zero attached hydrogens (tertiary/aromatic N) is 4. The lowest BCUT2D eigenvalue weighted by Crippen LogP contribution is -2.49. The molecule has 0 spiro atoms. The Morgan fingerprint density at radius 1 is 1.15 bits per heavy atom. The van der Waals surface area contributed by atoms with E-state index in [4.69, 9.17) is 4.74 Å². The van der Waals surface area contributed by atoms with E-state index in [-0.39, 0.29) is 18.4 Å². The van der Waals surface area contributed by atoms with Gasteiger partial charge in [-0.1, -0.05) is 0 Å². The largest absolute Gasteiger partial charge is 0.482 e. The van der Waals surface area contributed by atoms with E-state index in [1.165, 1.54) is 0 Å². The zero-order chi connectivity index (χ0) is 19.0. The van der Waals surface area contributed by atoms with Crippen LogP contribution >= 0.6 is 0 Å². The molecule has 2 aliphatic rings. The molecule has 1 fully saturated rings. The van der Waals surface area contributed by atoms with Crippen molar-refractivity contribution < 1.29 is 14.3 Å². The Kier molecular flexibility index (Phi) is 4.39. The lowest BCUT2D eigenvalue weighted by Gasteiger charge is -2.36. The molecule has 1 aromatic heterocycles. The smallest absolute Gasteiger partial charge is 0.262 e. The van der Waals surface area contributed by atoms with Crippen LogP contribution in [0.3, 0.4) is 0 Å². The Morgan fingerprint density at radius 3 is 2.70 bits per heavy atom. The summed E-state index contributed by atoms with van der Waals surface area (Å²) < 4.78 is 5.41. The minimum absolute atomic E-state index is 0.0268. The number of hydrogen-bond donors (Lipinski definition) is 1. The summed E-state index contributed by atoms with van der Waals surface area (Å²) in [5, 5.41) is 2.73. The van der Waals surface area contributed by atoms with E-state index in [1.54, 1.807) is 24.5 Å². The maximum absolute atomic E-state index is 12.9. The number of carbonyl (C=O) groups is 2. The molecule has 0 unspecified atom stereocenters. The van der Waals surface area contributed by atoms with Gasteiger partial charge in [0.25, 0.3) is 11.8 Å². The molecule has 140 valence electrons. The van der Waals surface area contributed by atoms with Crippen LogP contribution in [-0.4, -0.2) is 59.5 Å². The number of hydrogen-bond acceptors (Lipinski definition) is 6. The molecule has 4 rings (SSSR count). The molecule has 0 saturated carbocycles. The van der Waals surface area contributed by atoms with E-state index < -0.39 is 0 Å². The van der Waals surface area contributed by atoms with Gasteiger partial charge >= 0.3 is 0 Å². The second-order valence-corrected chi connectivity index (χ2v) is 6.73. The van der Waals surface area contributed by atoms with Crippen molar-refractivity contribution in [2.45, 2.75) is 13.8 Å². The summed E-state index contributed by atoms with van der Waals surface area (Å²) in [6.07, 6.45) is 1.58. The van der Waals surface area contributed by atoms with Gasteiger partial charge in [-0.15, -0.1) is 0 Å². The van der Waals surface area contributed by atoms with Crippen LogP contribution in [0.4, 0.5) is 11.5 Å². The van der Waals surface area contributed by atoms with Crippen molar-refractivity contribution in [1.29, 1.82) is 0 Å². The fourth-order valence-electron chi connectivity index (χ4n) is 3.36. The average molecular weight is 367 g/mol. The Bertz CT molecular complexity index is 906. The van der Waals surface area contributed by atoms with Gasteiger partial charge in [0, 0.05) is 43.0 Å². The van der Waals surface area contributed by atoms with E-state index in [2.05, 4.69) is 20.2 Å². The number of anilines is 2. The number of rotatable bonds is 2. The molecule has 0 aliphatic carbocycles. The first-order valence-corrected chi connectivity index (χ1v) is 8.92. The Labute approximate surface area is 157 Å². The van der Waals surface area contributed by atoms with Gasteiger partial charge in [-0.3, -0.25) is 9.59 Å². The number of aryl methyl sites for hydroxylation is 1. The summed E-state index contributed by atoms with van der Waals surface area (Å²) >= 11 is 0. The van der Waals surface area contributed by atoms with Gasteiger partial charge in [0.2, 0.25) is 0 Å². The topological polar surface area (TPSA) is 87.7 Å². The molecular weight excluding hydrogens is 346 g/mol. The van der Waals surface area contributed by atoms with Crippen LogP contribution in [0.2, 0.25) is 0 Å². The van der Waals surface area contributed by atoms with E-state index in [9.17, 15) is 9.59 Å². The normalized spacial score (nSPS) is 16.4. The highest BCUT2D eigenvalue weighted by atomic mass is 16.5. The van der Waals surface area contributed by atoms with Crippen LogP contribution in [0.1, 0.15) is 21.6 Å². The number of ether oxygens (including phenoxy) is 1. The number of carbonyl (C=O) groups excluding carboxylic acids is 2.